The van der Waals surface area contributed by atoms with Crippen LogP contribution in [0.25, 0.3) is 0 Å². The number of carbonyl (C=O) groups is 4. The Bertz CT molecular complexity index is 803. The van der Waals surface area contributed by atoms with E-state index in [1.807, 2.05) is 0 Å². The van der Waals surface area contributed by atoms with Crippen LogP contribution >= 0.6 is 0 Å². The van der Waals surface area contributed by atoms with Gasteiger partial charge in [-0.25, -0.2) is 9.69 Å². The second-order valence-electron chi connectivity index (χ2n) is 7.15. The first-order valence-corrected chi connectivity index (χ1v) is 9.43. The first kappa shape index (κ1) is 19.8. The minimum absolute atomic E-state index is 0.279. The Labute approximate surface area is 163 Å². The predicted molar refractivity (Wildman–Crippen MR) is 102 cm³/mol. The molecule has 1 aliphatic carbocycles. The van der Waals surface area contributed by atoms with Gasteiger partial charge in [0.05, 0.1) is 11.3 Å². The fourth-order valence-electron chi connectivity index (χ4n) is 3.74. The van der Waals surface area contributed by atoms with Crippen LogP contribution < -0.4 is 21.7 Å². The van der Waals surface area contributed by atoms with E-state index in [1.165, 1.54) is 6.92 Å². The summed E-state index contributed by atoms with van der Waals surface area (Å²) in [6, 6.07) is 4.97. The second-order valence-corrected chi connectivity index (χ2v) is 7.15. The van der Waals surface area contributed by atoms with Gasteiger partial charge in [-0.15, -0.1) is 0 Å². The summed E-state index contributed by atoms with van der Waals surface area (Å²) in [5.41, 5.74) is 5.11. The lowest BCUT2D eigenvalue weighted by Crippen LogP contribution is -2.48. The summed E-state index contributed by atoms with van der Waals surface area (Å²) in [6.07, 6.45) is 2.91. The third-order valence-corrected chi connectivity index (χ3v) is 5.28. The summed E-state index contributed by atoms with van der Waals surface area (Å²) in [5, 5.41) is 8.07. The minimum Gasteiger partial charge on any atom is -0.351 e. The summed E-state index contributed by atoms with van der Waals surface area (Å²) in [4.78, 5) is 51.2. The Morgan fingerprint density at radius 2 is 1.93 bits per heavy atom. The Hall–Kier alpha value is -2.94. The topological polar surface area (TPSA) is 134 Å². The molecule has 5 amide bonds. The number of rotatable bonds is 6. The van der Waals surface area contributed by atoms with Crippen molar-refractivity contribution >= 4 is 29.4 Å². The number of nitrogens with one attached hydrogen (secondary N) is 3. The summed E-state index contributed by atoms with van der Waals surface area (Å²) >= 11 is 0. The first-order chi connectivity index (χ1) is 13.4. The molecule has 0 radical (unpaired) electrons. The average molecular weight is 387 g/mol. The maximum absolute atomic E-state index is 12.8. The molecular formula is C19H25N5O4. The number of hydrogen-bond donors (Lipinski definition) is 4. The first-order valence-electron chi connectivity index (χ1n) is 9.43. The maximum Gasteiger partial charge on any atom is 0.325 e. The predicted octanol–water partition coefficient (Wildman–Crippen LogP) is 0.567. The normalized spacial score (nSPS) is 18.9. The van der Waals surface area contributed by atoms with E-state index < -0.39 is 23.5 Å². The molecule has 0 bridgehead atoms. The Balaban J connectivity index is 1.74. The molecule has 1 unspecified atom stereocenters. The number of anilines is 1. The molecular weight excluding hydrogens is 362 g/mol. The molecule has 1 aromatic rings. The quantitative estimate of drug-likeness (QED) is 0.530. The van der Waals surface area contributed by atoms with Crippen LogP contribution in [-0.4, -0.2) is 53.3 Å². The summed E-state index contributed by atoms with van der Waals surface area (Å²) in [7, 11) is 0. The van der Waals surface area contributed by atoms with Crippen LogP contribution in [0, 0.1) is 0 Å². The lowest BCUT2D eigenvalue weighted by molar-refractivity contribution is -0.136. The van der Waals surface area contributed by atoms with Gasteiger partial charge in [-0.05, 0) is 31.9 Å². The molecule has 150 valence electrons. The zero-order valence-electron chi connectivity index (χ0n) is 15.8. The maximum atomic E-state index is 12.8. The number of imide groups is 1. The summed E-state index contributed by atoms with van der Waals surface area (Å²) < 4.78 is 0. The molecule has 2 fully saturated rings. The molecule has 1 saturated heterocycles. The van der Waals surface area contributed by atoms with Gasteiger partial charge in [-0.3, -0.25) is 14.4 Å². The van der Waals surface area contributed by atoms with E-state index in [2.05, 4.69) is 16.0 Å². The van der Waals surface area contributed by atoms with Crippen LogP contribution in [0.3, 0.4) is 0 Å². The molecule has 1 heterocycles. The zero-order valence-corrected chi connectivity index (χ0v) is 15.8. The number of amides is 5. The van der Waals surface area contributed by atoms with Crippen LogP contribution in [0.1, 0.15) is 43.0 Å². The minimum atomic E-state index is -1.01. The van der Waals surface area contributed by atoms with E-state index in [4.69, 9.17) is 5.73 Å². The van der Waals surface area contributed by atoms with E-state index in [-0.39, 0.29) is 17.4 Å². The summed E-state index contributed by atoms with van der Waals surface area (Å²) in [6.45, 7) is 2.10. The highest BCUT2D eigenvalue weighted by Crippen LogP contribution is 2.35. The molecule has 3 rings (SSSR count). The lowest BCUT2D eigenvalue weighted by Gasteiger charge is -2.24. The molecule has 1 spiro atoms. The standard InChI is InChI=1S/C19H25N5O4/c1-12(24-17(27)19(23-18(24)28)8-4-5-9-19)15(25)22-14-7-3-2-6-13(14)16(26)21-11-10-20/h2-3,6-7,12H,4-5,8-11,20H2,1H3,(H,21,26)(H,22,25)(H,23,28). The number of hydrogen-bond acceptors (Lipinski definition) is 5. The molecule has 5 N–H and O–H groups in total. The molecule has 2 aliphatic rings. The third kappa shape index (κ3) is 3.57. The van der Waals surface area contributed by atoms with Crippen LogP contribution in [0.4, 0.5) is 10.5 Å². The molecule has 1 aromatic carbocycles. The molecule has 9 heteroatoms. The van der Waals surface area contributed by atoms with Gasteiger partial charge in [-0.2, -0.15) is 0 Å². The van der Waals surface area contributed by atoms with Crippen molar-refractivity contribution in [2.45, 2.75) is 44.2 Å². The fourth-order valence-corrected chi connectivity index (χ4v) is 3.74. The van der Waals surface area contributed by atoms with Crippen molar-refractivity contribution < 1.29 is 19.2 Å². The van der Waals surface area contributed by atoms with Crippen molar-refractivity contribution in [2.24, 2.45) is 5.73 Å². The van der Waals surface area contributed by atoms with Crippen LogP contribution in [0.2, 0.25) is 0 Å². The smallest absolute Gasteiger partial charge is 0.325 e. The number of para-hydroxylation sites is 1. The van der Waals surface area contributed by atoms with Crippen LogP contribution in [0.15, 0.2) is 24.3 Å². The van der Waals surface area contributed by atoms with Gasteiger partial charge in [0.25, 0.3) is 11.8 Å². The molecule has 28 heavy (non-hydrogen) atoms. The highest BCUT2D eigenvalue weighted by atomic mass is 16.2. The molecule has 1 saturated carbocycles. The van der Waals surface area contributed by atoms with Crippen LogP contribution in [-0.2, 0) is 9.59 Å². The van der Waals surface area contributed by atoms with Crippen molar-refractivity contribution in [1.82, 2.24) is 15.5 Å². The van der Waals surface area contributed by atoms with Gasteiger partial charge in [0.1, 0.15) is 11.6 Å². The van der Waals surface area contributed by atoms with Crippen LogP contribution in [0.5, 0.6) is 0 Å². The van der Waals surface area contributed by atoms with Crippen molar-refractivity contribution in [2.75, 3.05) is 18.4 Å². The largest absolute Gasteiger partial charge is 0.351 e. The van der Waals surface area contributed by atoms with Crippen molar-refractivity contribution in [3.63, 3.8) is 0 Å². The Morgan fingerprint density at radius 3 is 2.61 bits per heavy atom. The average Bonchev–Trinajstić information content (AvgIpc) is 3.24. The highest BCUT2D eigenvalue weighted by molar-refractivity contribution is 6.12. The highest BCUT2D eigenvalue weighted by Gasteiger charge is 2.54. The SMILES string of the molecule is CC(C(=O)Nc1ccccc1C(=O)NCCN)N1C(=O)NC2(CCCC2)C1=O. The van der Waals surface area contributed by atoms with Gasteiger partial charge in [-0.1, -0.05) is 25.0 Å². The second kappa shape index (κ2) is 7.97. The van der Waals surface area contributed by atoms with E-state index in [0.717, 1.165) is 17.7 Å². The zero-order chi connectivity index (χ0) is 20.3. The Morgan fingerprint density at radius 1 is 1.25 bits per heavy atom. The van der Waals surface area contributed by atoms with Gasteiger partial charge in [0.15, 0.2) is 0 Å². The monoisotopic (exact) mass is 387 g/mol. The van der Waals surface area contributed by atoms with E-state index in [0.29, 0.717) is 31.6 Å². The van der Waals surface area contributed by atoms with Crippen molar-refractivity contribution in [1.29, 1.82) is 0 Å². The molecule has 1 atom stereocenters. The summed E-state index contributed by atoms with van der Waals surface area (Å²) in [5.74, 6) is -1.27. The molecule has 1 aliphatic heterocycles. The Kier molecular flexibility index (Phi) is 5.64. The fraction of sp³-hybridized carbons (Fsp3) is 0.474. The van der Waals surface area contributed by atoms with Gasteiger partial charge in [0, 0.05) is 13.1 Å². The van der Waals surface area contributed by atoms with Gasteiger partial charge in [0.2, 0.25) is 5.91 Å². The number of benzene rings is 1. The number of urea groups is 1. The van der Waals surface area contributed by atoms with E-state index >= 15 is 0 Å². The van der Waals surface area contributed by atoms with E-state index in [1.54, 1.807) is 24.3 Å². The van der Waals surface area contributed by atoms with E-state index in [9.17, 15) is 19.2 Å². The molecule has 0 aromatic heterocycles. The number of carbonyl (C=O) groups excluding carboxylic acids is 4. The van der Waals surface area contributed by atoms with Gasteiger partial charge < -0.3 is 21.7 Å². The number of nitrogens with two attached hydrogens (primary N) is 1. The third-order valence-electron chi connectivity index (χ3n) is 5.28. The lowest BCUT2D eigenvalue weighted by atomic mass is 9.97. The van der Waals surface area contributed by atoms with Crippen molar-refractivity contribution in [3.8, 4) is 0 Å². The molecule has 9 nitrogen and oxygen atoms in total. The van der Waals surface area contributed by atoms with Gasteiger partial charge >= 0.3 is 6.03 Å². The number of nitrogens with zero attached hydrogens (tertiary/aromatic N) is 1. The van der Waals surface area contributed by atoms with Crippen molar-refractivity contribution in [3.05, 3.63) is 29.8 Å².